The molecule has 0 amide bonds. The van der Waals surface area contributed by atoms with E-state index in [1.807, 2.05) is 59.6 Å². The molecule has 3 aromatic rings. The second kappa shape index (κ2) is 6.46. The summed E-state index contributed by atoms with van der Waals surface area (Å²) in [5.74, 6) is 0.828. The lowest BCUT2D eigenvalue weighted by Crippen LogP contribution is -2.53. The second-order valence-electron chi connectivity index (χ2n) is 5.57. The maximum atomic E-state index is 4.80. The molecule has 1 N–H and O–H groups in total. The number of para-hydroxylation sites is 2. The molecule has 0 atom stereocenters. The number of anilines is 2. The van der Waals surface area contributed by atoms with E-state index in [2.05, 4.69) is 46.8 Å². The number of rotatable bonds is 3. The van der Waals surface area contributed by atoms with E-state index in [0.29, 0.717) is 6.67 Å². The molecule has 0 aliphatic carbocycles. The maximum absolute atomic E-state index is 4.80. The first-order chi connectivity index (χ1) is 11.9. The quantitative estimate of drug-likeness (QED) is 0.797. The van der Waals surface area contributed by atoms with Gasteiger partial charge in [-0.15, -0.1) is 0 Å². The van der Waals surface area contributed by atoms with Crippen molar-refractivity contribution in [3.05, 3.63) is 96.6 Å². The minimum Gasteiger partial charge on any atom is -0.278 e. The van der Waals surface area contributed by atoms with Crippen molar-refractivity contribution < 1.29 is 0 Å². The number of amidine groups is 1. The highest BCUT2D eigenvalue weighted by Crippen LogP contribution is 2.21. The predicted octanol–water partition coefficient (Wildman–Crippen LogP) is 3.84. The van der Waals surface area contributed by atoms with Crippen molar-refractivity contribution in [2.75, 3.05) is 16.7 Å². The lowest BCUT2D eigenvalue weighted by atomic mass is 10.2. The second-order valence-corrected chi connectivity index (χ2v) is 5.57. The van der Waals surface area contributed by atoms with Crippen molar-refractivity contribution in [1.82, 2.24) is 5.43 Å². The Balaban J connectivity index is 1.73. The van der Waals surface area contributed by atoms with Crippen LogP contribution in [0.2, 0.25) is 0 Å². The minimum absolute atomic E-state index is 0.629. The Morgan fingerprint density at radius 1 is 0.667 bits per heavy atom. The van der Waals surface area contributed by atoms with Crippen molar-refractivity contribution in [2.24, 2.45) is 5.10 Å². The minimum atomic E-state index is 0.629. The van der Waals surface area contributed by atoms with E-state index in [1.54, 1.807) is 0 Å². The topological polar surface area (TPSA) is 30.9 Å². The first kappa shape index (κ1) is 14.3. The van der Waals surface area contributed by atoms with E-state index in [4.69, 9.17) is 5.10 Å². The van der Waals surface area contributed by atoms with Gasteiger partial charge in [-0.25, -0.2) is 5.01 Å². The first-order valence-corrected chi connectivity index (χ1v) is 7.96. The van der Waals surface area contributed by atoms with Crippen LogP contribution in [-0.4, -0.2) is 12.5 Å². The van der Waals surface area contributed by atoms with Crippen LogP contribution in [0.4, 0.5) is 11.4 Å². The molecule has 1 aliphatic heterocycles. The molecule has 3 aromatic carbocycles. The molecule has 4 rings (SSSR count). The molecular formula is C20H18N4. The smallest absolute Gasteiger partial charge is 0.172 e. The molecule has 1 heterocycles. The molecule has 0 unspecified atom stereocenters. The van der Waals surface area contributed by atoms with Crippen LogP contribution in [-0.2, 0) is 0 Å². The molecule has 0 saturated heterocycles. The Morgan fingerprint density at radius 2 is 1.21 bits per heavy atom. The highest BCUT2D eigenvalue weighted by Gasteiger charge is 2.21. The van der Waals surface area contributed by atoms with Crippen molar-refractivity contribution in [3.63, 3.8) is 0 Å². The van der Waals surface area contributed by atoms with Gasteiger partial charge in [-0.05, 0) is 24.3 Å². The van der Waals surface area contributed by atoms with Gasteiger partial charge >= 0.3 is 0 Å². The highest BCUT2D eigenvalue weighted by atomic mass is 15.7. The monoisotopic (exact) mass is 314 g/mol. The molecule has 0 spiro atoms. The molecule has 1 aliphatic rings. The number of hydrazone groups is 1. The summed E-state index contributed by atoms with van der Waals surface area (Å²) in [5.41, 5.74) is 6.64. The number of hydrogen-bond donors (Lipinski definition) is 1. The zero-order chi connectivity index (χ0) is 16.2. The van der Waals surface area contributed by atoms with Crippen LogP contribution in [0.5, 0.6) is 0 Å². The van der Waals surface area contributed by atoms with Crippen molar-refractivity contribution in [3.8, 4) is 0 Å². The first-order valence-electron chi connectivity index (χ1n) is 7.96. The summed E-state index contributed by atoms with van der Waals surface area (Å²) in [7, 11) is 0. The summed E-state index contributed by atoms with van der Waals surface area (Å²) in [6.45, 7) is 0.629. The summed E-state index contributed by atoms with van der Waals surface area (Å²) >= 11 is 0. The van der Waals surface area contributed by atoms with Gasteiger partial charge in [0.2, 0.25) is 0 Å². The van der Waals surface area contributed by atoms with Crippen LogP contribution in [0, 0.1) is 0 Å². The molecule has 0 aromatic heterocycles. The van der Waals surface area contributed by atoms with Gasteiger partial charge in [-0.1, -0.05) is 66.7 Å². The molecule has 0 radical (unpaired) electrons. The third-order valence-corrected chi connectivity index (χ3v) is 3.91. The van der Waals surface area contributed by atoms with Crippen molar-refractivity contribution >= 4 is 17.2 Å². The van der Waals surface area contributed by atoms with Gasteiger partial charge < -0.3 is 0 Å². The van der Waals surface area contributed by atoms with Gasteiger partial charge in [0.05, 0.1) is 11.4 Å². The number of benzene rings is 3. The van der Waals surface area contributed by atoms with E-state index in [-0.39, 0.29) is 0 Å². The van der Waals surface area contributed by atoms with Gasteiger partial charge in [0.25, 0.3) is 0 Å². The Labute approximate surface area is 141 Å². The summed E-state index contributed by atoms with van der Waals surface area (Å²) in [6.07, 6.45) is 0. The normalized spacial score (nSPS) is 14.1. The maximum Gasteiger partial charge on any atom is 0.172 e. The Hall–Kier alpha value is -3.27. The largest absolute Gasteiger partial charge is 0.278 e. The standard InChI is InChI=1S/C20H18N4/c1-4-10-17(11-5-1)20-21-23(18-12-6-2-7-13-18)16-24(22-20)19-14-8-3-9-15-19/h1-15H,16H2,(H,21,22). The SMILES string of the molecule is c1ccc(C2=NN(c3ccccc3)CN(c3ccccc3)N2)cc1. The van der Waals surface area contributed by atoms with Gasteiger partial charge in [0.1, 0.15) is 6.67 Å². The molecule has 0 saturated carbocycles. The molecule has 4 nitrogen and oxygen atoms in total. The fraction of sp³-hybridized carbons (Fsp3) is 0.0500. The average molecular weight is 314 g/mol. The van der Waals surface area contributed by atoms with Crippen LogP contribution >= 0.6 is 0 Å². The summed E-state index contributed by atoms with van der Waals surface area (Å²) in [6, 6.07) is 30.7. The van der Waals surface area contributed by atoms with Crippen LogP contribution in [0.3, 0.4) is 0 Å². The van der Waals surface area contributed by atoms with E-state index < -0.39 is 0 Å². The van der Waals surface area contributed by atoms with E-state index in [9.17, 15) is 0 Å². The third kappa shape index (κ3) is 2.94. The van der Waals surface area contributed by atoms with Crippen molar-refractivity contribution in [1.29, 1.82) is 0 Å². The number of hydrazine groups is 1. The zero-order valence-electron chi connectivity index (χ0n) is 13.2. The summed E-state index contributed by atoms with van der Waals surface area (Å²) < 4.78 is 0. The van der Waals surface area contributed by atoms with Crippen LogP contribution in [0.15, 0.2) is 96.1 Å². The molecule has 118 valence electrons. The van der Waals surface area contributed by atoms with E-state index in [1.165, 1.54) is 0 Å². The molecule has 4 heteroatoms. The third-order valence-electron chi connectivity index (χ3n) is 3.91. The Bertz CT molecular complexity index is 816. The lowest BCUT2D eigenvalue weighted by molar-refractivity contribution is 0.679. The number of nitrogens with one attached hydrogen (secondary N) is 1. The van der Waals surface area contributed by atoms with Gasteiger partial charge in [-0.2, -0.15) is 5.10 Å². The molecule has 0 bridgehead atoms. The molecule has 0 fully saturated rings. The Kier molecular flexibility index (Phi) is 3.86. The fourth-order valence-corrected chi connectivity index (χ4v) is 2.68. The zero-order valence-corrected chi connectivity index (χ0v) is 13.2. The molecule has 24 heavy (non-hydrogen) atoms. The van der Waals surface area contributed by atoms with Crippen molar-refractivity contribution in [2.45, 2.75) is 0 Å². The van der Waals surface area contributed by atoms with Gasteiger partial charge in [0.15, 0.2) is 5.84 Å². The van der Waals surface area contributed by atoms with Gasteiger partial charge in [0, 0.05) is 5.56 Å². The Morgan fingerprint density at radius 3 is 1.83 bits per heavy atom. The van der Waals surface area contributed by atoms with Crippen LogP contribution < -0.4 is 15.4 Å². The fourth-order valence-electron chi connectivity index (χ4n) is 2.68. The van der Waals surface area contributed by atoms with E-state index in [0.717, 1.165) is 22.8 Å². The summed E-state index contributed by atoms with van der Waals surface area (Å²) in [5, 5.41) is 8.90. The number of hydrogen-bond acceptors (Lipinski definition) is 4. The van der Waals surface area contributed by atoms with E-state index >= 15 is 0 Å². The predicted molar refractivity (Wildman–Crippen MR) is 98.8 cm³/mol. The molecular weight excluding hydrogens is 296 g/mol. The lowest BCUT2D eigenvalue weighted by Gasteiger charge is -2.36. The number of nitrogens with zero attached hydrogens (tertiary/aromatic N) is 3. The van der Waals surface area contributed by atoms with Gasteiger partial charge in [-0.3, -0.25) is 10.4 Å². The summed E-state index contributed by atoms with van der Waals surface area (Å²) in [4.78, 5) is 0. The van der Waals surface area contributed by atoms with Crippen LogP contribution in [0.1, 0.15) is 5.56 Å². The average Bonchev–Trinajstić information content (AvgIpc) is 2.70. The highest BCUT2D eigenvalue weighted by molar-refractivity contribution is 6.00. The van der Waals surface area contributed by atoms with Crippen LogP contribution in [0.25, 0.3) is 0 Å².